The van der Waals surface area contributed by atoms with Gasteiger partial charge in [0.2, 0.25) is 0 Å². The van der Waals surface area contributed by atoms with Gasteiger partial charge in [0.05, 0.1) is 6.04 Å². The van der Waals surface area contributed by atoms with Crippen LogP contribution in [-0.4, -0.2) is 21.5 Å². The summed E-state index contributed by atoms with van der Waals surface area (Å²) in [5.41, 5.74) is 3.73. The molecule has 5 rings (SSSR count). The molecule has 0 aliphatic carbocycles. The highest BCUT2D eigenvalue weighted by Gasteiger charge is 2.30. The van der Waals surface area contributed by atoms with E-state index in [-0.39, 0.29) is 6.04 Å². The van der Waals surface area contributed by atoms with E-state index in [1.807, 2.05) is 42.7 Å². The molecule has 4 aromatic rings. The second-order valence-corrected chi connectivity index (χ2v) is 6.11. The number of aromatic nitrogens is 3. The fourth-order valence-corrected chi connectivity index (χ4v) is 3.66. The van der Waals surface area contributed by atoms with Crippen molar-refractivity contribution in [3.05, 3.63) is 60.7 Å². The van der Waals surface area contributed by atoms with Gasteiger partial charge < -0.3 is 9.32 Å². The predicted molar refractivity (Wildman–Crippen MR) is 92.9 cm³/mol. The van der Waals surface area contributed by atoms with Crippen molar-refractivity contribution in [1.82, 2.24) is 15.0 Å². The summed E-state index contributed by atoms with van der Waals surface area (Å²) in [6.45, 7) is 0.961. The van der Waals surface area contributed by atoms with Crippen LogP contribution < -0.4 is 4.90 Å². The van der Waals surface area contributed by atoms with Gasteiger partial charge in [-0.25, -0.2) is 9.97 Å². The Morgan fingerprint density at radius 3 is 2.96 bits per heavy atom. The number of furan rings is 1. The first-order chi connectivity index (χ1) is 11.9. The summed E-state index contributed by atoms with van der Waals surface area (Å²) in [5, 5.41) is 1.04. The van der Waals surface area contributed by atoms with Crippen LogP contribution in [0.25, 0.3) is 22.1 Å². The van der Waals surface area contributed by atoms with Crippen LogP contribution in [0.2, 0.25) is 0 Å². The van der Waals surface area contributed by atoms with E-state index in [4.69, 9.17) is 4.42 Å². The third kappa shape index (κ3) is 1.98. The number of fused-ring (bicyclic) bond motifs is 3. The fourth-order valence-electron chi connectivity index (χ4n) is 3.66. The highest BCUT2D eigenvalue weighted by Crippen LogP contribution is 2.39. The van der Waals surface area contributed by atoms with E-state index in [2.05, 4.69) is 25.9 Å². The van der Waals surface area contributed by atoms with Gasteiger partial charge in [-0.3, -0.25) is 4.98 Å². The minimum absolute atomic E-state index is 0.282. The standard InChI is InChI=1S/C19H16N4O/c1-2-8-16-14(6-1)17-18(24-16)19(22-12-21-17)23-10-4-7-15(23)13-5-3-9-20-11-13/h1-3,5-6,8-9,11-12,15H,4,7,10H2. The van der Waals surface area contributed by atoms with E-state index in [1.54, 1.807) is 6.33 Å². The van der Waals surface area contributed by atoms with Crippen molar-refractivity contribution in [2.75, 3.05) is 11.4 Å². The summed E-state index contributed by atoms with van der Waals surface area (Å²) in [6, 6.07) is 12.4. The zero-order chi connectivity index (χ0) is 15.9. The molecular formula is C19H16N4O. The molecule has 1 aliphatic rings. The van der Waals surface area contributed by atoms with Crippen LogP contribution in [0.5, 0.6) is 0 Å². The molecule has 0 bridgehead atoms. The zero-order valence-electron chi connectivity index (χ0n) is 13.1. The van der Waals surface area contributed by atoms with Crippen molar-refractivity contribution in [3.63, 3.8) is 0 Å². The molecule has 0 radical (unpaired) electrons. The second-order valence-electron chi connectivity index (χ2n) is 6.11. The number of hydrogen-bond acceptors (Lipinski definition) is 5. The smallest absolute Gasteiger partial charge is 0.196 e. The fraction of sp³-hybridized carbons (Fsp3) is 0.211. The Kier molecular flexibility index (Phi) is 2.98. The summed E-state index contributed by atoms with van der Waals surface area (Å²) in [4.78, 5) is 15.6. The Morgan fingerprint density at radius 1 is 1.08 bits per heavy atom. The van der Waals surface area contributed by atoms with Gasteiger partial charge in [-0.1, -0.05) is 18.2 Å². The highest BCUT2D eigenvalue weighted by molar-refractivity contribution is 6.05. The van der Waals surface area contributed by atoms with Crippen LogP contribution in [0, 0.1) is 0 Å². The van der Waals surface area contributed by atoms with Gasteiger partial charge in [0.25, 0.3) is 0 Å². The molecule has 1 unspecified atom stereocenters. The number of para-hydroxylation sites is 1. The van der Waals surface area contributed by atoms with Gasteiger partial charge in [-0.05, 0) is 36.6 Å². The molecular weight excluding hydrogens is 300 g/mol. The van der Waals surface area contributed by atoms with Gasteiger partial charge in [-0.15, -0.1) is 0 Å². The average Bonchev–Trinajstić information content (AvgIpc) is 3.27. The summed E-state index contributed by atoms with van der Waals surface area (Å²) < 4.78 is 6.10. The molecule has 1 aromatic carbocycles. The van der Waals surface area contributed by atoms with Crippen molar-refractivity contribution in [2.24, 2.45) is 0 Å². The molecule has 118 valence electrons. The van der Waals surface area contributed by atoms with Crippen molar-refractivity contribution in [3.8, 4) is 0 Å². The van der Waals surface area contributed by atoms with Crippen molar-refractivity contribution >= 4 is 27.9 Å². The third-order valence-electron chi connectivity index (χ3n) is 4.73. The van der Waals surface area contributed by atoms with Crippen LogP contribution in [0.3, 0.4) is 0 Å². The highest BCUT2D eigenvalue weighted by atomic mass is 16.3. The number of benzene rings is 1. The van der Waals surface area contributed by atoms with E-state index in [0.29, 0.717) is 0 Å². The topological polar surface area (TPSA) is 55.1 Å². The van der Waals surface area contributed by atoms with Crippen LogP contribution in [0.4, 0.5) is 5.82 Å². The number of hydrogen-bond donors (Lipinski definition) is 0. The number of anilines is 1. The Bertz CT molecular complexity index is 1010. The molecule has 0 amide bonds. The minimum atomic E-state index is 0.282. The lowest BCUT2D eigenvalue weighted by molar-refractivity contribution is 0.652. The van der Waals surface area contributed by atoms with Crippen LogP contribution in [-0.2, 0) is 0 Å². The van der Waals surface area contributed by atoms with Crippen molar-refractivity contribution < 1.29 is 4.42 Å². The Labute approximate surface area is 139 Å². The molecule has 3 aromatic heterocycles. The maximum Gasteiger partial charge on any atom is 0.196 e. The second kappa shape index (κ2) is 5.30. The SMILES string of the molecule is c1cncc(C2CCCN2c2ncnc3c2oc2ccccc23)c1. The summed E-state index contributed by atoms with van der Waals surface area (Å²) >= 11 is 0. The van der Waals surface area contributed by atoms with E-state index < -0.39 is 0 Å². The first-order valence-electron chi connectivity index (χ1n) is 8.20. The molecule has 0 N–H and O–H groups in total. The Morgan fingerprint density at radius 2 is 2.04 bits per heavy atom. The molecule has 5 heteroatoms. The largest absolute Gasteiger partial charge is 0.450 e. The van der Waals surface area contributed by atoms with Gasteiger partial charge in [-0.2, -0.15) is 0 Å². The molecule has 1 saturated heterocycles. The third-order valence-corrected chi connectivity index (χ3v) is 4.73. The molecule has 0 saturated carbocycles. The van der Waals surface area contributed by atoms with E-state index in [1.165, 1.54) is 5.56 Å². The lowest BCUT2D eigenvalue weighted by Gasteiger charge is -2.25. The quantitative estimate of drug-likeness (QED) is 0.557. The lowest BCUT2D eigenvalue weighted by atomic mass is 10.1. The van der Waals surface area contributed by atoms with Crippen LogP contribution in [0.1, 0.15) is 24.4 Å². The number of pyridine rings is 1. The Hall–Kier alpha value is -2.95. The number of nitrogens with zero attached hydrogens (tertiary/aromatic N) is 4. The van der Waals surface area contributed by atoms with E-state index in [0.717, 1.165) is 47.3 Å². The monoisotopic (exact) mass is 316 g/mol. The predicted octanol–water partition coefficient (Wildman–Crippen LogP) is 4.11. The number of rotatable bonds is 2. The van der Waals surface area contributed by atoms with Crippen LogP contribution in [0.15, 0.2) is 59.5 Å². The Balaban J connectivity index is 1.68. The first-order valence-corrected chi connectivity index (χ1v) is 8.20. The first kappa shape index (κ1) is 13.5. The van der Waals surface area contributed by atoms with E-state index in [9.17, 15) is 0 Å². The maximum absolute atomic E-state index is 6.10. The van der Waals surface area contributed by atoms with Gasteiger partial charge in [0.15, 0.2) is 11.4 Å². The molecule has 24 heavy (non-hydrogen) atoms. The van der Waals surface area contributed by atoms with Crippen LogP contribution >= 0.6 is 0 Å². The van der Waals surface area contributed by atoms with Crippen molar-refractivity contribution in [2.45, 2.75) is 18.9 Å². The summed E-state index contributed by atoms with van der Waals surface area (Å²) in [7, 11) is 0. The van der Waals surface area contributed by atoms with Gasteiger partial charge in [0, 0.05) is 24.3 Å². The molecule has 1 aliphatic heterocycles. The molecule has 5 nitrogen and oxygen atoms in total. The van der Waals surface area contributed by atoms with Crippen molar-refractivity contribution in [1.29, 1.82) is 0 Å². The normalized spacial score (nSPS) is 17.8. The maximum atomic E-state index is 6.10. The molecule has 1 atom stereocenters. The zero-order valence-corrected chi connectivity index (χ0v) is 13.1. The molecule has 1 fully saturated rings. The average molecular weight is 316 g/mol. The molecule has 4 heterocycles. The summed E-state index contributed by atoms with van der Waals surface area (Å²) in [6.07, 6.45) is 7.62. The summed E-state index contributed by atoms with van der Waals surface area (Å²) in [5.74, 6) is 0.877. The lowest BCUT2D eigenvalue weighted by Crippen LogP contribution is -2.23. The van der Waals surface area contributed by atoms with Gasteiger partial charge >= 0.3 is 0 Å². The minimum Gasteiger partial charge on any atom is -0.450 e. The van der Waals surface area contributed by atoms with E-state index >= 15 is 0 Å². The van der Waals surface area contributed by atoms with Gasteiger partial charge in [0.1, 0.15) is 17.4 Å². The molecule has 0 spiro atoms.